The molecule has 142 valence electrons. The molecule has 0 radical (unpaired) electrons. The Morgan fingerprint density at radius 3 is 1.96 bits per heavy atom. The van der Waals surface area contributed by atoms with Gasteiger partial charge in [0.25, 0.3) is 0 Å². The van der Waals surface area contributed by atoms with Gasteiger partial charge in [0.2, 0.25) is 5.91 Å². The van der Waals surface area contributed by atoms with Gasteiger partial charge in [0.1, 0.15) is 0 Å². The molecular formula is C26H27NO. The van der Waals surface area contributed by atoms with E-state index in [0.717, 1.165) is 18.5 Å². The van der Waals surface area contributed by atoms with E-state index in [2.05, 4.69) is 80.7 Å². The fraction of sp³-hybridized carbons (Fsp3) is 0.269. The molecule has 2 nitrogen and oxygen atoms in total. The van der Waals surface area contributed by atoms with E-state index in [4.69, 9.17) is 0 Å². The van der Waals surface area contributed by atoms with Crippen LogP contribution in [0.25, 0.3) is 0 Å². The van der Waals surface area contributed by atoms with Gasteiger partial charge in [0.05, 0.1) is 5.92 Å². The Labute approximate surface area is 167 Å². The molecule has 0 bridgehead atoms. The number of nitrogens with one attached hydrogen (secondary N) is 1. The minimum Gasteiger partial charge on any atom is -0.326 e. The van der Waals surface area contributed by atoms with Crippen LogP contribution >= 0.6 is 0 Å². The zero-order valence-corrected chi connectivity index (χ0v) is 16.8. The van der Waals surface area contributed by atoms with Crippen molar-refractivity contribution in [3.63, 3.8) is 0 Å². The lowest BCUT2D eigenvalue weighted by Gasteiger charge is -2.20. The van der Waals surface area contributed by atoms with Crippen molar-refractivity contribution in [3.05, 3.63) is 101 Å². The van der Waals surface area contributed by atoms with Crippen LogP contribution in [0.3, 0.4) is 0 Å². The van der Waals surface area contributed by atoms with Crippen molar-refractivity contribution in [2.45, 2.75) is 39.0 Å². The van der Waals surface area contributed by atoms with Crippen LogP contribution in [0.15, 0.2) is 72.8 Å². The number of carbonyl (C=O) groups is 1. The Morgan fingerprint density at radius 1 is 0.893 bits per heavy atom. The fourth-order valence-electron chi connectivity index (χ4n) is 4.26. The van der Waals surface area contributed by atoms with Crippen LogP contribution in [-0.2, 0) is 16.6 Å². The molecule has 1 aliphatic rings. The maximum atomic E-state index is 13.2. The van der Waals surface area contributed by atoms with Gasteiger partial charge in [0.15, 0.2) is 0 Å². The van der Waals surface area contributed by atoms with Crippen LogP contribution < -0.4 is 5.32 Å². The van der Waals surface area contributed by atoms with Gasteiger partial charge in [-0.2, -0.15) is 0 Å². The lowest BCUT2D eigenvalue weighted by molar-refractivity contribution is -0.117. The van der Waals surface area contributed by atoms with Crippen molar-refractivity contribution in [2.75, 3.05) is 5.32 Å². The highest BCUT2D eigenvalue weighted by Gasteiger charge is 2.60. The number of aryl methyl sites for hydroxylation is 3. The molecule has 1 aliphatic carbocycles. The van der Waals surface area contributed by atoms with Crippen LogP contribution in [0.2, 0.25) is 0 Å². The molecule has 1 saturated carbocycles. The van der Waals surface area contributed by atoms with E-state index in [1.165, 1.54) is 27.8 Å². The first-order chi connectivity index (χ1) is 13.5. The summed E-state index contributed by atoms with van der Waals surface area (Å²) in [5.41, 5.74) is 6.81. The van der Waals surface area contributed by atoms with E-state index in [1.807, 2.05) is 18.2 Å². The highest BCUT2D eigenvalue weighted by Crippen LogP contribution is 2.59. The summed E-state index contributed by atoms with van der Waals surface area (Å²) in [4.78, 5) is 13.2. The molecule has 1 N–H and O–H groups in total. The molecule has 3 aromatic rings. The molecule has 1 atom stereocenters. The van der Waals surface area contributed by atoms with Crippen LogP contribution in [0, 0.1) is 19.8 Å². The molecule has 0 spiro atoms. The van der Waals surface area contributed by atoms with Gasteiger partial charge in [-0.15, -0.1) is 0 Å². The van der Waals surface area contributed by atoms with Gasteiger partial charge in [-0.05, 0) is 49.4 Å². The minimum absolute atomic E-state index is 0.0529. The highest BCUT2D eigenvalue weighted by molar-refractivity contribution is 5.97. The Hall–Kier alpha value is -2.87. The first-order valence-corrected chi connectivity index (χ1v) is 10.1. The monoisotopic (exact) mass is 369 g/mol. The number of para-hydroxylation sites is 1. The first-order valence-electron chi connectivity index (χ1n) is 10.1. The third-order valence-corrected chi connectivity index (χ3v) is 6.07. The number of hydrogen-bond donors (Lipinski definition) is 1. The number of rotatable bonds is 5. The van der Waals surface area contributed by atoms with Crippen molar-refractivity contribution < 1.29 is 4.79 Å². The van der Waals surface area contributed by atoms with Gasteiger partial charge >= 0.3 is 0 Å². The van der Waals surface area contributed by atoms with Crippen molar-refractivity contribution in [3.8, 4) is 0 Å². The van der Waals surface area contributed by atoms with Gasteiger partial charge in [-0.1, -0.05) is 84.8 Å². The van der Waals surface area contributed by atoms with E-state index < -0.39 is 0 Å². The van der Waals surface area contributed by atoms with E-state index >= 15 is 0 Å². The van der Waals surface area contributed by atoms with E-state index in [1.54, 1.807) is 0 Å². The van der Waals surface area contributed by atoms with Crippen LogP contribution in [0.1, 0.15) is 41.2 Å². The molecule has 28 heavy (non-hydrogen) atoms. The number of hydrogen-bond acceptors (Lipinski definition) is 1. The van der Waals surface area contributed by atoms with Crippen molar-refractivity contribution >= 4 is 11.6 Å². The van der Waals surface area contributed by atoms with Gasteiger partial charge in [-0.25, -0.2) is 0 Å². The predicted molar refractivity (Wildman–Crippen MR) is 116 cm³/mol. The van der Waals surface area contributed by atoms with Crippen molar-refractivity contribution in [1.29, 1.82) is 0 Å². The largest absolute Gasteiger partial charge is 0.326 e. The smallest absolute Gasteiger partial charge is 0.228 e. The topological polar surface area (TPSA) is 29.1 Å². The molecular weight excluding hydrogens is 342 g/mol. The van der Waals surface area contributed by atoms with Gasteiger partial charge < -0.3 is 5.32 Å². The lowest BCUT2D eigenvalue weighted by Crippen LogP contribution is -2.22. The van der Waals surface area contributed by atoms with Crippen LogP contribution in [0.5, 0.6) is 0 Å². The molecule has 1 fully saturated rings. The second kappa shape index (κ2) is 7.27. The quantitative estimate of drug-likeness (QED) is 0.604. The first kappa shape index (κ1) is 18.5. The third-order valence-electron chi connectivity index (χ3n) is 6.07. The molecule has 0 aliphatic heterocycles. The van der Waals surface area contributed by atoms with Crippen molar-refractivity contribution in [2.24, 2.45) is 5.92 Å². The third kappa shape index (κ3) is 3.24. The molecule has 0 unspecified atom stereocenters. The second-order valence-electron chi connectivity index (χ2n) is 7.96. The summed E-state index contributed by atoms with van der Waals surface area (Å²) >= 11 is 0. The fourth-order valence-corrected chi connectivity index (χ4v) is 4.26. The Balaban J connectivity index is 1.68. The maximum Gasteiger partial charge on any atom is 0.228 e. The number of carbonyl (C=O) groups excluding carboxylic acids is 1. The molecule has 3 aromatic carbocycles. The summed E-state index contributed by atoms with van der Waals surface area (Å²) in [6.07, 6.45) is 1.75. The number of benzene rings is 3. The van der Waals surface area contributed by atoms with Crippen LogP contribution in [-0.4, -0.2) is 5.91 Å². The van der Waals surface area contributed by atoms with E-state index in [0.29, 0.717) is 0 Å². The van der Waals surface area contributed by atoms with Gasteiger partial charge in [0, 0.05) is 11.1 Å². The molecule has 1 amide bonds. The molecule has 4 rings (SSSR count). The van der Waals surface area contributed by atoms with Crippen LogP contribution in [0.4, 0.5) is 5.69 Å². The average molecular weight is 370 g/mol. The van der Waals surface area contributed by atoms with E-state index in [-0.39, 0.29) is 17.2 Å². The SMILES string of the molecule is CCc1ccccc1NC(=O)[C@@H]1CC1(c1ccc(C)cc1)c1ccc(C)cc1. The predicted octanol–water partition coefficient (Wildman–Crippen LogP) is 5.81. The maximum absolute atomic E-state index is 13.2. The van der Waals surface area contributed by atoms with E-state index in [9.17, 15) is 4.79 Å². The van der Waals surface area contributed by atoms with Gasteiger partial charge in [-0.3, -0.25) is 4.79 Å². The summed E-state index contributed by atoms with van der Waals surface area (Å²) in [5, 5.41) is 3.20. The standard InChI is InChI=1S/C26H27NO/c1-4-20-7-5-6-8-24(20)27-25(28)23-17-26(23,21-13-9-18(2)10-14-21)22-15-11-19(3)12-16-22/h5-16,23H,4,17H2,1-3H3,(H,27,28)/t23-/m0/s1. The average Bonchev–Trinajstić information content (AvgIpc) is 3.46. The summed E-state index contributed by atoms with van der Waals surface area (Å²) in [5.74, 6) is 0.0601. The number of amides is 1. The zero-order valence-electron chi connectivity index (χ0n) is 16.8. The Bertz CT molecular complexity index is 940. The Kier molecular flexibility index (Phi) is 4.80. The van der Waals surface area contributed by atoms with Crippen molar-refractivity contribution in [1.82, 2.24) is 0 Å². The second-order valence-corrected chi connectivity index (χ2v) is 7.96. The summed E-state index contributed by atoms with van der Waals surface area (Å²) < 4.78 is 0. The summed E-state index contributed by atoms with van der Waals surface area (Å²) in [7, 11) is 0. The lowest BCUT2D eigenvalue weighted by atomic mass is 9.85. The molecule has 0 heterocycles. The summed E-state index contributed by atoms with van der Waals surface area (Å²) in [6.45, 7) is 6.31. The Morgan fingerprint density at radius 2 is 1.43 bits per heavy atom. The zero-order chi connectivity index (χ0) is 19.7. The molecule has 2 heteroatoms. The molecule has 0 aromatic heterocycles. The summed E-state index contributed by atoms with van der Waals surface area (Å²) in [6, 6.07) is 25.4. The minimum atomic E-state index is -0.230. The highest BCUT2D eigenvalue weighted by atomic mass is 16.2. The molecule has 0 saturated heterocycles. The number of anilines is 1. The normalized spacial score (nSPS) is 17.2.